The van der Waals surface area contributed by atoms with Crippen molar-refractivity contribution < 1.29 is 14.3 Å². The summed E-state index contributed by atoms with van der Waals surface area (Å²) < 4.78 is 7.94. The Morgan fingerprint density at radius 3 is 2.55 bits per heavy atom. The van der Waals surface area contributed by atoms with E-state index in [9.17, 15) is 9.59 Å². The minimum absolute atomic E-state index is 0.123. The SMILES string of the molecule is Cc1ccc(COc2cccc(-c3nn(-c4ccccc4)cc3/C=C3\SC(N4CCC(C(N)=O)CC4)=NC3=O)c2)cc1. The van der Waals surface area contributed by atoms with E-state index in [4.69, 9.17) is 15.6 Å². The summed E-state index contributed by atoms with van der Waals surface area (Å²) in [6.45, 7) is 3.81. The van der Waals surface area contributed by atoms with Gasteiger partial charge in [-0.3, -0.25) is 9.59 Å². The fraction of sp³-hybridized carbons (Fsp3) is 0.212. The Kier molecular flexibility index (Phi) is 7.92. The average molecular weight is 578 g/mol. The number of ether oxygens (including phenoxy) is 1. The highest BCUT2D eigenvalue weighted by Gasteiger charge is 2.31. The third kappa shape index (κ3) is 6.16. The van der Waals surface area contributed by atoms with Crippen molar-refractivity contribution >= 4 is 34.8 Å². The number of aryl methyl sites for hydroxylation is 1. The van der Waals surface area contributed by atoms with Crippen LogP contribution in [-0.4, -0.2) is 44.8 Å². The first kappa shape index (κ1) is 27.5. The number of para-hydroxylation sites is 1. The maximum Gasteiger partial charge on any atom is 0.286 e. The molecule has 3 aromatic carbocycles. The number of likely N-dealkylation sites (tertiary alicyclic amines) is 1. The second kappa shape index (κ2) is 12.1. The lowest BCUT2D eigenvalue weighted by Crippen LogP contribution is -2.40. The number of aliphatic imine (C=N–C) groups is 1. The summed E-state index contributed by atoms with van der Waals surface area (Å²) >= 11 is 1.36. The summed E-state index contributed by atoms with van der Waals surface area (Å²) in [6, 6.07) is 26.0. The highest BCUT2D eigenvalue weighted by Crippen LogP contribution is 2.35. The quantitative estimate of drug-likeness (QED) is 0.287. The number of thioether (sulfide) groups is 1. The molecule has 1 saturated heterocycles. The Hall–Kier alpha value is -4.63. The number of piperidine rings is 1. The highest BCUT2D eigenvalue weighted by molar-refractivity contribution is 8.18. The lowest BCUT2D eigenvalue weighted by molar-refractivity contribution is -0.123. The van der Waals surface area contributed by atoms with Gasteiger partial charge in [0.1, 0.15) is 18.1 Å². The van der Waals surface area contributed by atoms with Crippen molar-refractivity contribution in [3.05, 3.63) is 107 Å². The van der Waals surface area contributed by atoms with Crippen LogP contribution >= 0.6 is 11.8 Å². The van der Waals surface area contributed by atoms with Crippen molar-refractivity contribution in [2.75, 3.05) is 13.1 Å². The van der Waals surface area contributed by atoms with E-state index >= 15 is 0 Å². The van der Waals surface area contributed by atoms with Gasteiger partial charge >= 0.3 is 0 Å². The molecule has 42 heavy (non-hydrogen) atoms. The van der Waals surface area contributed by atoms with Gasteiger partial charge in [-0.15, -0.1) is 0 Å². The summed E-state index contributed by atoms with van der Waals surface area (Å²) in [6.07, 6.45) is 5.12. The third-order valence-electron chi connectivity index (χ3n) is 7.46. The normalized spacial score (nSPS) is 16.6. The van der Waals surface area contributed by atoms with Crippen LogP contribution in [0.3, 0.4) is 0 Å². The molecule has 4 aromatic rings. The molecular formula is C33H31N5O3S. The van der Waals surface area contributed by atoms with E-state index in [1.807, 2.05) is 71.6 Å². The minimum Gasteiger partial charge on any atom is -0.489 e. The van der Waals surface area contributed by atoms with Crippen LogP contribution in [0.25, 0.3) is 23.0 Å². The molecule has 0 unspecified atom stereocenters. The number of benzene rings is 3. The van der Waals surface area contributed by atoms with Gasteiger partial charge in [0.05, 0.1) is 10.6 Å². The van der Waals surface area contributed by atoms with Crippen LogP contribution < -0.4 is 10.5 Å². The summed E-state index contributed by atoms with van der Waals surface area (Å²) in [7, 11) is 0. The molecule has 8 nitrogen and oxygen atoms in total. The summed E-state index contributed by atoms with van der Waals surface area (Å²) in [4.78, 5) is 31.5. The first-order valence-electron chi connectivity index (χ1n) is 13.9. The number of amidine groups is 1. The Balaban J connectivity index is 1.27. The van der Waals surface area contributed by atoms with E-state index in [2.05, 4.69) is 41.1 Å². The predicted octanol–water partition coefficient (Wildman–Crippen LogP) is 5.59. The van der Waals surface area contributed by atoms with E-state index in [1.165, 1.54) is 17.3 Å². The molecule has 2 aliphatic rings. The molecule has 2 amide bonds. The van der Waals surface area contributed by atoms with Gasteiger partial charge < -0.3 is 15.4 Å². The summed E-state index contributed by atoms with van der Waals surface area (Å²) in [5.74, 6) is 0.0692. The Morgan fingerprint density at radius 1 is 1.05 bits per heavy atom. The van der Waals surface area contributed by atoms with Crippen LogP contribution in [0.1, 0.15) is 29.5 Å². The third-order valence-corrected chi connectivity index (χ3v) is 8.50. The zero-order valence-electron chi connectivity index (χ0n) is 23.3. The van der Waals surface area contributed by atoms with E-state index in [0.717, 1.165) is 33.8 Å². The number of aromatic nitrogens is 2. The van der Waals surface area contributed by atoms with Crippen molar-refractivity contribution in [2.24, 2.45) is 16.6 Å². The van der Waals surface area contributed by atoms with Gasteiger partial charge in [-0.25, -0.2) is 4.68 Å². The van der Waals surface area contributed by atoms with Gasteiger partial charge in [-0.1, -0.05) is 60.2 Å². The van der Waals surface area contributed by atoms with Crippen LogP contribution in [0.2, 0.25) is 0 Å². The lowest BCUT2D eigenvalue weighted by Gasteiger charge is -2.31. The van der Waals surface area contributed by atoms with Gasteiger partial charge in [-0.2, -0.15) is 10.1 Å². The predicted molar refractivity (Wildman–Crippen MR) is 166 cm³/mol. The molecule has 0 spiro atoms. The summed E-state index contributed by atoms with van der Waals surface area (Å²) in [5, 5.41) is 5.59. The van der Waals surface area contributed by atoms with Crippen molar-refractivity contribution in [1.82, 2.24) is 14.7 Å². The molecule has 0 aliphatic carbocycles. The van der Waals surface area contributed by atoms with E-state index in [-0.39, 0.29) is 17.7 Å². The van der Waals surface area contributed by atoms with E-state index in [1.54, 1.807) is 0 Å². The highest BCUT2D eigenvalue weighted by atomic mass is 32.2. The molecule has 2 N–H and O–H groups in total. The smallest absolute Gasteiger partial charge is 0.286 e. The maximum absolute atomic E-state index is 13.0. The molecule has 9 heteroatoms. The zero-order chi connectivity index (χ0) is 29.1. The Bertz CT molecular complexity index is 1670. The van der Waals surface area contributed by atoms with E-state index in [0.29, 0.717) is 42.6 Å². The zero-order valence-corrected chi connectivity index (χ0v) is 24.1. The Labute approximate surface area is 248 Å². The van der Waals surface area contributed by atoms with Crippen molar-refractivity contribution in [3.8, 4) is 22.7 Å². The Morgan fingerprint density at radius 2 is 1.81 bits per heavy atom. The number of hydrogen-bond acceptors (Lipinski definition) is 6. The first-order valence-corrected chi connectivity index (χ1v) is 14.8. The van der Waals surface area contributed by atoms with Gasteiger partial charge in [0.15, 0.2) is 5.17 Å². The maximum atomic E-state index is 13.0. The largest absolute Gasteiger partial charge is 0.489 e. The fourth-order valence-electron chi connectivity index (χ4n) is 5.04. The van der Waals surface area contributed by atoms with Gasteiger partial charge in [0, 0.05) is 36.3 Å². The second-order valence-electron chi connectivity index (χ2n) is 10.5. The van der Waals surface area contributed by atoms with Crippen LogP contribution in [-0.2, 0) is 16.2 Å². The van der Waals surface area contributed by atoms with Crippen molar-refractivity contribution in [1.29, 1.82) is 0 Å². The van der Waals surface area contributed by atoms with Gasteiger partial charge in [-0.05, 0) is 67.4 Å². The monoisotopic (exact) mass is 577 g/mol. The van der Waals surface area contributed by atoms with Crippen LogP contribution in [0.5, 0.6) is 5.75 Å². The molecular weight excluding hydrogens is 546 g/mol. The second-order valence-corrected chi connectivity index (χ2v) is 11.5. The minimum atomic E-state index is -0.277. The number of hydrogen-bond donors (Lipinski definition) is 1. The van der Waals surface area contributed by atoms with Crippen molar-refractivity contribution in [2.45, 2.75) is 26.4 Å². The van der Waals surface area contributed by atoms with Crippen LogP contribution in [0.4, 0.5) is 0 Å². The summed E-state index contributed by atoms with van der Waals surface area (Å²) in [5.41, 5.74) is 11.1. The van der Waals surface area contributed by atoms with Gasteiger partial charge in [0.25, 0.3) is 5.91 Å². The average Bonchev–Trinajstić information content (AvgIpc) is 3.61. The standard InChI is InChI=1S/C33H31N5O3S/c1-22-10-12-23(13-11-22)21-41-28-9-5-6-25(18-28)30-26(20-38(36-30)27-7-3-2-4-8-27)19-29-32(40)35-33(42-29)37-16-14-24(15-17-37)31(34)39/h2-13,18-20,24H,14-17,21H2,1H3,(H2,34,39)/b29-19-. The van der Waals surface area contributed by atoms with Crippen LogP contribution in [0, 0.1) is 12.8 Å². The molecule has 2 aliphatic heterocycles. The molecule has 0 saturated carbocycles. The number of nitrogens with zero attached hydrogens (tertiary/aromatic N) is 4. The molecule has 1 aromatic heterocycles. The number of rotatable bonds is 7. The molecule has 6 rings (SSSR count). The number of carbonyl (C=O) groups is 2. The molecule has 3 heterocycles. The number of carbonyl (C=O) groups excluding carboxylic acids is 2. The van der Waals surface area contributed by atoms with Crippen LogP contribution in [0.15, 0.2) is 95.0 Å². The molecule has 0 radical (unpaired) electrons. The molecule has 212 valence electrons. The number of amides is 2. The molecule has 0 atom stereocenters. The lowest BCUT2D eigenvalue weighted by atomic mass is 9.97. The first-order chi connectivity index (χ1) is 20.4. The fourth-order valence-corrected chi connectivity index (χ4v) is 6.00. The number of nitrogens with two attached hydrogens (primary N) is 1. The molecule has 0 bridgehead atoms. The topological polar surface area (TPSA) is 103 Å². The van der Waals surface area contributed by atoms with Gasteiger partial charge in [0.2, 0.25) is 5.91 Å². The van der Waals surface area contributed by atoms with Crippen molar-refractivity contribution in [3.63, 3.8) is 0 Å². The number of primary amides is 1. The van der Waals surface area contributed by atoms with E-state index < -0.39 is 0 Å². The molecule has 1 fully saturated rings.